The summed E-state index contributed by atoms with van der Waals surface area (Å²) < 4.78 is 0. The first kappa shape index (κ1) is 10.7. The largest absolute Gasteiger partial charge is 0.326 e. The van der Waals surface area contributed by atoms with Crippen LogP contribution >= 0.6 is 0 Å². The Kier molecular flexibility index (Phi) is 2.66. The topological polar surface area (TPSA) is 52.9 Å². The molecule has 0 aromatic heterocycles. The number of carbonyl (C=O) groups excluding carboxylic acids is 1. The summed E-state index contributed by atoms with van der Waals surface area (Å²) in [7, 11) is 0. The molecule has 0 heterocycles. The number of hydrogen-bond donors (Lipinski definition) is 1. The Bertz CT molecular complexity index is 438. The van der Waals surface area contributed by atoms with Gasteiger partial charge < -0.3 is 5.32 Å². The molecule has 0 saturated heterocycles. The molecule has 0 bridgehead atoms. The van der Waals surface area contributed by atoms with Crippen LogP contribution in [0.3, 0.4) is 0 Å². The lowest BCUT2D eigenvalue weighted by Gasteiger charge is -2.35. The lowest BCUT2D eigenvalue weighted by Crippen LogP contribution is -2.32. The number of nitrogens with one attached hydrogen (secondary N) is 1. The van der Waals surface area contributed by atoms with Crippen LogP contribution in [0, 0.1) is 11.3 Å². The van der Waals surface area contributed by atoms with Gasteiger partial charge in [0.25, 0.3) is 0 Å². The van der Waals surface area contributed by atoms with Crippen molar-refractivity contribution in [2.75, 3.05) is 5.32 Å². The van der Waals surface area contributed by atoms with E-state index in [2.05, 4.69) is 11.4 Å². The SMILES string of the molecule is CC(=O)Nc1ccc(C2(C#N)CCC2)cc1. The molecule has 82 valence electrons. The summed E-state index contributed by atoms with van der Waals surface area (Å²) >= 11 is 0. The Morgan fingerprint density at radius 2 is 2.00 bits per heavy atom. The van der Waals surface area contributed by atoms with Crippen molar-refractivity contribution in [2.45, 2.75) is 31.6 Å². The third-order valence-corrected chi connectivity index (χ3v) is 3.18. The van der Waals surface area contributed by atoms with E-state index in [-0.39, 0.29) is 11.3 Å². The van der Waals surface area contributed by atoms with Crippen LogP contribution in [0.25, 0.3) is 0 Å². The molecule has 1 N–H and O–H groups in total. The Hall–Kier alpha value is -1.82. The van der Waals surface area contributed by atoms with E-state index in [0.29, 0.717) is 0 Å². The molecular formula is C13H14N2O. The number of carbonyl (C=O) groups is 1. The zero-order valence-corrected chi connectivity index (χ0v) is 9.29. The third-order valence-electron chi connectivity index (χ3n) is 3.18. The molecule has 0 unspecified atom stereocenters. The lowest BCUT2D eigenvalue weighted by atomic mass is 9.65. The zero-order valence-electron chi connectivity index (χ0n) is 9.29. The van der Waals surface area contributed by atoms with E-state index in [4.69, 9.17) is 0 Å². The molecule has 16 heavy (non-hydrogen) atoms. The van der Waals surface area contributed by atoms with Gasteiger partial charge in [-0.05, 0) is 37.0 Å². The van der Waals surface area contributed by atoms with Crippen molar-refractivity contribution in [3.63, 3.8) is 0 Å². The normalized spacial score (nSPS) is 17.0. The summed E-state index contributed by atoms with van der Waals surface area (Å²) in [5.41, 5.74) is 1.58. The van der Waals surface area contributed by atoms with Crippen LogP contribution in [0.4, 0.5) is 5.69 Å². The number of rotatable bonds is 2. The molecule has 0 atom stereocenters. The third kappa shape index (κ3) is 1.79. The molecule has 1 aromatic carbocycles. The van der Waals surface area contributed by atoms with Gasteiger partial charge in [-0.3, -0.25) is 4.79 Å². The number of nitrogens with zero attached hydrogens (tertiary/aromatic N) is 1. The number of benzene rings is 1. The van der Waals surface area contributed by atoms with Crippen LogP contribution in [0.5, 0.6) is 0 Å². The van der Waals surface area contributed by atoms with Gasteiger partial charge in [0.15, 0.2) is 0 Å². The van der Waals surface area contributed by atoms with Gasteiger partial charge in [-0.25, -0.2) is 0 Å². The van der Waals surface area contributed by atoms with E-state index in [0.717, 1.165) is 30.5 Å². The summed E-state index contributed by atoms with van der Waals surface area (Å²) in [5.74, 6) is -0.0774. The summed E-state index contributed by atoms with van der Waals surface area (Å²) in [6.45, 7) is 1.48. The van der Waals surface area contributed by atoms with Crippen LogP contribution in [0.1, 0.15) is 31.7 Å². The average molecular weight is 214 g/mol. The lowest BCUT2D eigenvalue weighted by molar-refractivity contribution is -0.114. The minimum Gasteiger partial charge on any atom is -0.326 e. The quantitative estimate of drug-likeness (QED) is 0.822. The summed E-state index contributed by atoms with van der Waals surface area (Å²) in [4.78, 5) is 10.9. The Balaban J connectivity index is 2.19. The molecule has 3 heteroatoms. The van der Waals surface area contributed by atoms with Gasteiger partial charge >= 0.3 is 0 Å². The Morgan fingerprint density at radius 1 is 1.38 bits per heavy atom. The maximum Gasteiger partial charge on any atom is 0.221 e. The van der Waals surface area contributed by atoms with Crippen molar-refractivity contribution in [1.29, 1.82) is 5.26 Å². The van der Waals surface area contributed by atoms with E-state index in [1.54, 1.807) is 0 Å². The molecule has 1 aromatic rings. The number of nitriles is 1. The first-order valence-electron chi connectivity index (χ1n) is 5.46. The highest BCUT2D eigenvalue weighted by molar-refractivity contribution is 5.88. The van der Waals surface area contributed by atoms with E-state index < -0.39 is 0 Å². The van der Waals surface area contributed by atoms with Gasteiger partial charge in [-0.1, -0.05) is 12.1 Å². The smallest absolute Gasteiger partial charge is 0.221 e. The van der Waals surface area contributed by atoms with Crippen LogP contribution < -0.4 is 5.32 Å². The molecule has 0 spiro atoms. The van der Waals surface area contributed by atoms with Gasteiger partial charge in [-0.15, -0.1) is 0 Å². The van der Waals surface area contributed by atoms with E-state index >= 15 is 0 Å². The molecule has 1 amide bonds. The second-order valence-electron chi connectivity index (χ2n) is 4.31. The predicted molar refractivity (Wildman–Crippen MR) is 61.9 cm³/mol. The van der Waals surface area contributed by atoms with Crippen LogP contribution in [0.15, 0.2) is 24.3 Å². The minimum absolute atomic E-state index is 0.0774. The van der Waals surface area contributed by atoms with Crippen LogP contribution in [-0.4, -0.2) is 5.91 Å². The standard InChI is InChI=1S/C13H14N2O/c1-10(16)15-12-5-3-11(4-6-12)13(9-14)7-2-8-13/h3-6H,2,7-8H2,1H3,(H,15,16). The number of amides is 1. The van der Waals surface area contributed by atoms with Crippen molar-refractivity contribution in [3.05, 3.63) is 29.8 Å². The maximum atomic E-state index is 10.9. The molecule has 2 rings (SSSR count). The van der Waals surface area contributed by atoms with Crippen molar-refractivity contribution in [1.82, 2.24) is 0 Å². The predicted octanol–water partition coefficient (Wildman–Crippen LogP) is 2.59. The molecule has 1 fully saturated rings. The molecule has 1 aliphatic rings. The molecule has 0 aliphatic heterocycles. The fraction of sp³-hybridized carbons (Fsp3) is 0.385. The van der Waals surface area contributed by atoms with Crippen LogP contribution in [-0.2, 0) is 10.2 Å². The highest BCUT2D eigenvalue weighted by Crippen LogP contribution is 2.43. The van der Waals surface area contributed by atoms with Crippen LogP contribution in [0.2, 0.25) is 0 Å². The highest BCUT2D eigenvalue weighted by Gasteiger charge is 2.38. The van der Waals surface area contributed by atoms with Crippen molar-refractivity contribution in [2.24, 2.45) is 0 Å². The second kappa shape index (κ2) is 3.97. The molecule has 3 nitrogen and oxygen atoms in total. The fourth-order valence-electron chi connectivity index (χ4n) is 2.07. The van der Waals surface area contributed by atoms with Gasteiger partial charge in [0.2, 0.25) is 5.91 Å². The van der Waals surface area contributed by atoms with Gasteiger partial charge in [0, 0.05) is 12.6 Å². The molecule has 0 radical (unpaired) electrons. The van der Waals surface area contributed by atoms with Crippen molar-refractivity contribution in [3.8, 4) is 6.07 Å². The summed E-state index contributed by atoms with van der Waals surface area (Å²) in [6.07, 6.45) is 3.02. The first-order chi connectivity index (χ1) is 7.66. The first-order valence-corrected chi connectivity index (χ1v) is 5.46. The Labute approximate surface area is 95.1 Å². The summed E-state index contributed by atoms with van der Waals surface area (Å²) in [6, 6.07) is 9.99. The van der Waals surface area contributed by atoms with Gasteiger partial charge in [-0.2, -0.15) is 5.26 Å². The van der Waals surface area contributed by atoms with E-state index in [1.807, 2.05) is 24.3 Å². The Morgan fingerprint density at radius 3 is 2.38 bits per heavy atom. The van der Waals surface area contributed by atoms with E-state index in [1.165, 1.54) is 6.92 Å². The average Bonchev–Trinajstić information content (AvgIpc) is 2.19. The zero-order chi connectivity index (χ0) is 11.6. The monoisotopic (exact) mass is 214 g/mol. The maximum absolute atomic E-state index is 10.9. The van der Waals surface area contributed by atoms with Gasteiger partial charge in [0.1, 0.15) is 0 Å². The van der Waals surface area contributed by atoms with Gasteiger partial charge in [0.05, 0.1) is 11.5 Å². The van der Waals surface area contributed by atoms with Crippen molar-refractivity contribution >= 4 is 11.6 Å². The molecule has 1 saturated carbocycles. The molecular weight excluding hydrogens is 200 g/mol. The van der Waals surface area contributed by atoms with Crippen molar-refractivity contribution < 1.29 is 4.79 Å². The fourth-order valence-corrected chi connectivity index (χ4v) is 2.07. The molecule has 1 aliphatic carbocycles. The minimum atomic E-state index is -0.269. The highest BCUT2D eigenvalue weighted by atomic mass is 16.1. The number of hydrogen-bond acceptors (Lipinski definition) is 2. The second-order valence-corrected chi connectivity index (χ2v) is 4.31. The summed E-state index contributed by atoms with van der Waals surface area (Å²) in [5, 5.41) is 11.9. The van der Waals surface area contributed by atoms with E-state index in [9.17, 15) is 10.1 Å². The number of anilines is 1.